The molecule has 5 nitrogen and oxygen atoms in total. The molecule has 30 heavy (non-hydrogen) atoms. The van der Waals surface area contributed by atoms with Gasteiger partial charge < -0.3 is 5.32 Å². The third-order valence-corrected chi connectivity index (χ3v) is 5.24. The van der Waals surface area contributed by atoms with Crippen LogP contribution in [-0.2, 0) is 4.79 Å². The number of aryl methyl sites for hydroxylation is 2. The Hall–Kier alpha value is -3.28. The summed E-state index contributed by atoms with van der Waals surface area (Å²) in [7, 11) is 0. The number of aromatic nitrogens is 2. The summed E-state index contributed by atoms with van der Waals surface area (Å²) in [4.78, 5) is 24.9. The van der Waals surface area contributed by atoms with E-state index in [4.69, 9.17) is 0 Å². The number of amides is 1. The number of carbonyl (C=O) groups is 2. The Labute approximate surface area is 175 Å². The predicted molar refractivity (Wildman–Crippen MR) is 114 cm³/mol. The summed E-state index contributed by atoms with van der Waals surface area (Å²) < 4.78 is 14.9. The number of rotatable bonds is 7. The lowest BCUT2D eigenvalue weighted by Gasteiger charge is -2.14. The van der Waals surface area contributed by atoms with Crippen LogP contribution in [0.1, 0.15) is 58.5 Å². The van der Waals surface area contributed by atoms with Gasteiger partial charge in [0.05, 0.1) is 17.9 Å². The third-order valence-electron chi connectivity index (χ3n) is 5.24. The fraction of sp³-hybridized carbons (Fsp3) is 0.292. The minimum absolute atomic E-state index is 0.0284. The molecular weight excluding hydrogens is 381 g/mol. The summed E-state index contributed by atoms with van der Waals surface area (Å²) in [5, 5.41) is 7.30. The summed E-state index contributed by atoms with van der Waals surface area (Å²) in [6.07, 6.45) is 1.99. The smallest absolute Gasteiger partial charge is 0.220 e. The number of carbonyl (C=O) groups excluding carboxylic acids is 2. The molecule has 1 unspecified atom stereocenters. The Bertz CT molecular complexity index is 1070. The van der Waals surface area contributed by atoms with Crippen LogP contribution in [0, 0.1) is 26.6 Å². The van der Waals surface area contributed by atoms with Gasteiger partial charge in [-0.05, 0) is 63.6 Å². The van der Waals surface area contributed by atoms with E-state index in [-0.39, 0.29) is 36.4 Å². The van der Waals surface area contributed by atoms with Crippen LogP contribution < -0.4 is 5.32 Å². The monoisotopic (exact) mass is 407 g/mol. The molecule has 0 radical (unpaired) electrons. The molecule has 2 aromatic carbocycles. The van der Waals surface area contributed by atoms with Gasteiger partial charge in [-0.2, -0.15) is 5.10 Å². The van der Waals surface area contributed by atoms with E-state index in [1.54, 1.807) is 23.0 Å². The molecule has 0 saturated carbocycles. The standard InChI is InChI=1S/C24H26FN3O2/c1-15-5-6-16(2)21(13-15)23(29)11-12-24(30)27-17(3)22-14-26-28(18(22)4)20-9-7-19(25)8-10-20/h5-10,13-14,17H,11-12H2,1-4H3,(H,27,30). The SMILES string of the molecule is Cc1ccc(C)c(C(=O)CCC(=O)NC(C)c2cnn(-c3ccc(F)cc3)c2C)c1. The van der Waals surface area contributed by atoms with Gasteiger partial charge in [0.25, 0.3) is 0 Å². The van der Waals surface area contributed by atoms with Crippen molar-refractivity contribution in [3.8, 4) is 5.69 Å². The lowest BCUT2D eigenvalue weighted by molar-refractivity contribution is -0.121. The Morgan fingerprint density at radius 3 is 2.47 bits per heavy atom. The molecule has 3 rings (SSSR count). The molecule has 1 N–H and O–H groups in total. The second kappa shape index (κ2) is 9.03. The average Bonchev–Trinajstić information content (AvgIpc) is 3.10. The van der Waals surface area contributed by atoms with E-state index in [1.807, 2.05) is 45.9 Å². The molecule has 1 aromatic heterocycles. The normalized spacial score (nSPS) is 11.9. The van der Waals surface area contributed by atoms with Gasteiger partial charge in [-0.1, -0.05) is 17.7 Å². The van der Waals surface area contributed by atoms with Gasteiger partial charge in [-0.25, -0.2) is 9.07 Å². The first-order valence-electron chi connectivity index (χ1n) is 9.96. The van der Waals surface area contributed by atoms with Crippen molar-refractivity contribution in [2.75, 3.05) is 0 Å². The van der Waals surface area contributed by atoms with Gasteiger partial charge in [0.2, 0.25) is 5.91 Å². The molecule has 0 aliphatic rings. The van der Waals surface area contributed by atoms with Crippen LogP contribution in [0.5, 0.6) is 0 Å². The van der Waals surface area contributed by atoms with Gasteiger partial charge in [-0.3, -0.25) is 9.59 Å². The summed E-state index contributed by atoms with van der Waals surface area (Å²) in [5.41, 5.74) is 5.10. The molecule has 0 saturated heterocycles. The highest BCUT2D eigenvalue weighted by Gasteiger charge is 2.18. The Morgan fingerprint density at radius 2 is 1.77 bits per heavy atom. The molecule has 1 atom stereocenters. The Balaban J connectivity index is 1.61. The summed E-state index contributed by atoms with van der Waals surface area (Å²) in [6.45, 7) is 7.62. The second-order valence-corrected chi connectivity index (χ2v) is 7.60. The van der Waals surface area contributed by atoms with E-state index in [2.05, 4.69) is 10.4 Å². The van der Waals surface area contributed by atoms with Crippen LogP contribution in [0.25, 0.3) is 5.69 Å². The van der Waals surface area contributed by atoms with Crippen molar-refractivity contribution in [1.82, 2.24) is 15.1 Å². The first-order chi connectivity index (χ1) is 14.3. The van der Waals surface area contributed by atoms with Crippen LogP contribution in [0.2, 0.25) is 0 Å². The van der Waals surface area contributed by atoms with E-state index in [0.29, 0.717) is 5.56 Å². The highest BCUT2D eigenvalue weighted by Crippen LogP contribution is 2.21. The van der Waals surface area contributed by atoms with Crippen molar-refractivity contribution in [2.24, 2.45) is 0 Å². The topological polar surface area (TPSA) is 64.0 Å². The van der Waals surface area contributed by atoms with Crippen LogP contribution in [-0.4, -0.2) is 21.5 Å². The van der Waals surface area contributed by atoms with Gasteiger partial charge >= 0.3 is 0 Å². The first kappa shape index (κ1) is 21.4. The molecule has 3 aromatic rings. The molecule has 0 aliphatic carbocycles. The molecule has 1 heterocycles. The summed E-state index contributed by atoms with van der Waals surface area (Å²) >= 11 is 0. The molecular formula is C24H26FN3O2. The molecule has 0 aliphatic heterocycles. The largest absolute Gasteiger partial charge is 0.349 e. The van der Waals surface area contributed by atoms with Gasteiger partial charge in [0.1, 0.15) is 5.82 Å². The zero-order valence-corrected chi connectivity index (χ0v) is 17.7. The highest BCUT2D eigenvalue weighted by molar-refractivity contribution is 5.99. The van der Waals surface area contributed by atoms with E-state index >= 15 is 0 Å². The van der Waals surface area contributed by atoms with Crippen LogP contribution in [0.3, 0.4) is 0 Å². The van der Waals surface area contributed by atoms with Crippen molar-refractivity contribution < 1.29 is 14.0 Å². The lowest BCUT2D eigenvalue weighted by Crippen LogP contribution is -2.27. The molecule has 156 valence electrons. The minimum Gasteiger partial charge on any atom is -0.349 e. The number of Topliss-reactive ketones (excluding diaryl/α,β-unsaturated/α-hetero) is 1. The maximum atomic E-state index is 13.2. The number of halogens is 1. The molecule has 0 fully saturated rings. The zero-order valence-electron chi connectivity index (χ0n) is 17.7. The predicted octanol–water partition coefficient (Wildman–Crippen LogP) is 4.78. The first-order valence-corrected chi connectivity index (χ1v) is 9.96. The number of hydrogen-bond donors (Lipinski definition) is 1. The van der Waals surface area contributed by atoms with Crippen molar-refractivity contribution in [3.05, 3.63) is 82.4 Å². The average molecular weight is 407 g/mol. The van der Waals surface area contributed by atoms with Crippen molar-refractivity contribution in [1.29, 1.82) is 0 Å². The summed E-state index contributed by atoms with van der Waals surface area (Å²) in [6, 6.07) is 11.6. The zero-order chi connectivity index (χ0) is 21.8. The van der Waals surface area contributed by atoms with Crippen molar-refractivity contribution in [2.45, 2.75) is 46.6 Å². The van der Waals surface area contributed by atoms with Crippen molar-refractivity contribution in [3.63, 3.8) is 0 Å². The van der Waals surface area contributed by atoms with Gasteiger partial charge in [-0.15, -0.1) is 0 Å². The Kier molecular flexibility index (Phi) is 6.45. The van der Waals surface area contributed by atoms with E-state index in [0.717, 1.165) is 28.1 Å². The molecule has 6 heteroatoms. The number of hydrogen-bond acceptors (Lipinski definition) is 3. The molecule has 0 spiro atoms. The van der Waals surface area contributed by atoms with Gasteiger partial charge in [0.15, 0.2) is 5.78 Å². The maximum absolute atomic E-state index is 13.2. The van der Waals surface area contributed by atoms with E-state index in [9.17, 15) is 14.0 Å². The third kappa shape index (κ3) is 4.82. The minimum atomic E-state index is -0.306. The van der Waals surface area contributed by atoms with Crippen LogP contribution in [0.4, 0.5) is 4.39 Å². The highest BCUT2D eigenvalue weighted by atomic mass is 19.1. The fourth-order valence-electron chi connectivity index (χ4n) is 3.48. The number of benzene rings is 2. The lowest BCUT2D eigenvalue weighted by atomic mass is 9.99. The van der Waals surface area contributed by atoms with Crippen molar-refractivity contribution >= 4 is 11.7 Å². The van der Waals surface area contributed by atoms with E-state index < -0.39 is 0 Å². The quantitative estimate of drug-likeness (QED) is 0.574. The van der Waals surface area contributed by atoms with Gasteiger partial charge in [0, 0.05) is 29.7 Å². The van der Waals surface area contributed by atoms with Crippen LogP contribution >= 0.6 is 0 Å². The number of nitrogens with one attached hydrogen (secondary N) is 1. The second-order valence-electron chi connectivity index (χ2n) is 7.60. The molecule has 1 amide bonds. The summed E-state index contributed by atoms with van der Waals surface area (Å²) in [5.74, 6) is -0.519. The van der Waals surface area contributed by atoms with E-state index in [1.165, 1.54) is 12.1 Å². The number of nitrogens with zero attached hydrogens (tertiary/aromatic N) is 2. The Morgan fingerprint density at radius 1 is 1.07 bits per heavy atom. The number of ketones is 1. The maximum Gasteiger partial charge on any atom is 0.220 e. The fourth-order valence-corrected chi connectivity index (χ4v) is 3.48. The molecule has 0 bridgehead atoms. The van der Waals surface area contributed by atoms with Crippen LogP contribution in [0.15, 0.2) is 48.7 Å².